The number of likely N-dealkylation sites (N-methyl/N-ethyl adjacent to an activating group) is 1. The normalized spacial score (nSPS) is 14.3. The summed E-state index contributed by atoms with van der Waals surface area (Å²) in [5.74, 6) is -0.848. The van der Waals surface area contributed by atoms with Crippen LogP contribution in [-0.4, -0.2) is 55.5 Å². The molecule has 84 valence electrons. The zero-order valence-corrected chi connectivity index (χ0v) is 9.54. The molecule has 1 atom stereocenters. The van der Waals surface area contributed by atoms with Crippen molar-refractivity contribution in [2.45, 2.75) is 19.9 Å². The predicted molar refractivity (Wildman–Crippen MR) is 54.1 cm³/mol. The second-order valence-corrected chi connectivity index (χ2v) is 5.75. The molecule has 0 saturated heterocycles. The fourth-order valence-electron chi connectivity index (χ4n) is 0.982. The minimum atomic E-state index is -3.03. The van der Waals surface area contributed by atoms with Crippen LogP contribution in [0.1, 0.15) is 13.8 Å². The van der Waals surface area contributed by atoms with Gasteiger partial charge in [-0.2, -0.15) is 0 Å². The van der Waals surface area contributed by atoms with Crippen LogP contribution in [-0.2, 0) is 14.6 Å². The summed E-state index contributed by atoms with van der Waals surface area (Å²) in [4.78, 5) is 11.9. The van der Waals surface area contributed by atoms with Crippen molar-refractivity contribution in [1.82, 2.24) is 4.90 Å². The Hall–Kier alpha value is -0.620. The van der Waals surface area contributed by atoms with E-state index in [0.717, 1.165) is 0 Å². The lowest BCUT2D eigenvalue weighted by Gasteiger charge is -2.22. The van der Waals surface area contributed by atoms with Crippen LogP contribution < -0.4 is 0 Å². The molecule has 0 aromatic rings. The van der Waals surface area contributed by atoms with Gasteiger partial charge in [-0.15, -0.1) is 0 Å². The number of hydrogen-bond acceptors (Lipinski definition) is 4. The van der Waals surface area contributed by atoms with E-state index in [0.29, 0.717) is 0 Å². The highest BCUT2D eigenvalue weighted by molar-refractivity contribution is 7.91. The molecule has 0 bridgehead atoms. The molecule has 0 saturated carbocycles. The van der Waals surface area contributed by atoms with Crippen molar-refractivity contribution in [2.75, 3.05) is 25.1 Å². The number of rotatable bonds is 6. The van der Waals surface area contributed by atoms with Crippen LogP contribution in [0.4, 0.5) is 0 Å². The molecule has 1 unspecified atom stereocenters. The van der Waals surface area contributed by atoms with Gasteiger partial charge >= 0.3 is 5.97 Å². The highest BCUT2D eigenvalue weighted by atomic mass is 32.2. The fourth-order valence-corrected chi connectivity index (χ4v) is 2.21. The molecule has 1 N–H and O–H groups in total. The third-order valence-corrected chi connectivity index (χ3v) is 3.94. The number of sulfone groups is 1. The summed E-state index contributed by atoms with van der Waals surface area (Å²) in [6.07, 6.45) is 0. The average molecular weight is 223 g/mol. The number of carbonyl (C=O) groups is 1. The summed E-state index contributed by atoms with van der Waals surface area (Å²) in [6.45, 7) is 3.15. The van der Waals surface area contributed by atoms with Gasteiger partial charge in [0.2, 0.25) is 0 Å². The Morgan fingerprint density at radius 3 is 2.36 bits per heavy atom. The van der Waals surface area contributed by atoms with Crippen LogP contribution in [0.5, 0.6) is 0 Å². The van der Waals surface area contributed by atoms with Gasteiger partial charge in [0.25, 0.3) is 0 Å². The highest BCUT2D eigenvalue weighted by Gasteiger charge is 2.18. The van der Waals surface area contributed by atoms with Crippen LogP contribution in [0, 0.1) is 0 Å². The van der Waals surface area contributed by atoms with Crippen LogP contribution in [0.3, 0.4) is 0 Å². The molecule has 0 aliphatic rings. The maximum atomic E-state index is 11.2. The summed E-state index contributed by atoms with van der Waals surface area (Å²) in [5.41, 5.74) is 0. The molecule has 0 radical (unpaired) electrons. The Balaban J connectivity index is 4.21. The molecule has 0 fully saturated rings. The predicted octanol–water partition coefficient (Wildman–Crippen LogP) is -0.174. The third-order valence-electron chi connectivity index (χ3n) is 2.07. The van der Waals surface area contributed by atoms with E-state index in [2.05, 4.69) is 0 Å². The molecule has 0 rings (SSSR count). The first-order chi connectivity index (χ1) is 6.28. The van der Waals surface area contributed by atoms with Gasteiger partial charge in [0.1, 0.15) is 0 Å². The quantitative estimate of drug-likeness (QED) is 0.676. The number of nitrogens with zero attached hydrogens (tertiary/aromatic N) is 1. The van der Waals surface area contributed by atoms with Crippen molar-refractivity contribution >= 4 is 15.8 Å². The number of carboxylic acids is 1. The first-order valence-corrected chi connectivity index (χ1v) is 6.23. The minimum Gasteiger partial charge on any atom is -0.480 e. The lowest BCUT2D eigenvalue weighted by molar-refractivity contribution is -0.138. The third kappa shape index (κ3) is 5.18. The van der Waals surface area contributed by atoms with E-state index >= 15 is 0 Å². The van der Waals surface area contributed by atoms with Crippen LogP contribution in [0.25, 0.3) is 0 Å². The molecular weight excluding hydrogens is 206 g/mol. The Morgan fingerprint density at radius 2 is 2.00 bits per heavy atom. The van der Waals surface area contributed by atoms with Gasteiger partial charge in [0.05, 0.1) is 12.3 Å². The lowest BCUT2D eigenvalue weighted by Crippen LogP contribution is -2.38. The summed E-state index contributed by atoms with van der Waals surface area (Å²) in [6, 6.07) is -0.268. The monoisotopic (exact) mass is 223 g/mol. The van der Waals surface area contributed by atoms with E-state index < -0.39 is 15.8 Å². The van der Waals surface area contributed by atoms with E-state index in [1.165, 1.54) is 4.90 Å². The van der Waals surface area contributed by atoms with Crippen molar-refractivity contribution < 1.29 is 18.3 Å². The van der Waals surface area contributed by atoms with Crippen molar-refractivity contribution in [1.29, 1.82) is 0 Å². The number of carboxylic acid groups (broad SMARTS) is 1. The van der Waals surface area contributed by atoms with Crippen molar-refractivity contribution in [2.24, 2.45) is 0 Å². The van der Waals surface area contributed by atoms with Gasteiger partial charge in [-0.25, -0.2) is 8.42 Å². The SMILES string of the molecule is CCS(=O)(=O)CC(C)N(C)CC(=O)O. The maximum Gasteiger partial charge on any atom is 0.317 e. The summed E-state index contributed by atoms with van der Waals surface area (Å²) < 4.78 is 22.5. The minimum absolute atomic E-state index is 0.00722. The van der Waals surface area contributed by atoms with Gasteiger partial charge in [-0.05, 0) is 14.0 Å². The van der Waals surface area contributed by atoms with E-state index in [-0.39, 0.29) is 24.1 Å². The largest absolute Gasteiger partial charge is 0.480 e. The lowest BCUT2D eigenvalue weighted by atomic mass is 10.3. The van der Waals surface area contributed by atoms with Crippen LogP contribution in [0.15, 0.2) is 0 Å². The summed E-state index contributed by atoms with van der Waals surface area (Å²) in [5, 5.41) is 8.50. The first kappa shape index (κ1) is 13.4. The number of hydrogen-bond donors (Lipinski definition) is 1. The van der Waals surface area contributed by atoms with Gasteiger partial charge in [-0.3, -0.25) is 9.69 Å². The summed E-state index contributed by atoms with van der Waals surface area (Å²) >= 11 is 0. The van der Waals surface area contributed by atoms with Crippen molar-refractivity contribution in [3.05, 3.63) is 0 Å². The molecule has 0 aromatic heterocycles. The Morgan fingerprint density at radius 1 is 1.50 bits per heavy atom. The second-order valence-electron chi connectivity index (χ2n) is 3.36. The zero-order valence-electron chi connectivity index (χ0n) is 8.73. The molecule has 14 heavy (non-hydrogen) atoms. The molecular formula is C8H17NO4S. The van der Waals surface area contributed by atoms with E-state index in [1.54, 1.807) is 20.9 Å². The molecule has 5 nitrogen and oxygen atoms in total. The number of aliphatic carboxylic acids is 1. The Kier molecular flexibility index (Phi) is 5.07. The van der Waals surface area contributed by atoms with E-state index in [1.807, 2.05) is 0 Å². The molecule has 0 heterocycles. The zero-order chi connectivity index (χ0) is 11.4. The Labute approximate surface area is 84.6 Å². The van der Waals surface area contributed by atoms with Gasteiger partial charge in [-0.1, -0.05) is 6.92 Å². The van der Waals surface area contributed by atoms with Crippen LogP contribution >= 0.6 is 0 Å². The maximum absolute atomic E-state index is 11.2. The molecule has 0 aromatic carbocycles. The molecule has 0 aliphatic carbocycles. The van der Waals surface area contributed by atoms with E-state index in [4.69, 9.17) is 5.11 Å². The topological polar surface area (TPSA) is 74.7 Å². The summed E-state index contributed by atoms with van der Waals surface area (Å²) in [7, 11) is -1.43. The Bertz CT molecular complexity index is 286. The van der Waals surface area contributed by atoms with Gasteiger partial charge in [0.15, 0.2) is 9.84 Å². The standard InChI is InChI=1S/C8H17NO4S/c1-4-14(12,13)6-7(2)9(3)5-8(10)11/h7H,4-6H2,1-3H3,(H,10,11). The van der Waals surface area contributed by atoms with Crippen molar-refractivity contribution in [3.63, 3.8) is 0 Å². The fraction of sp³-hybridized carbons (Fsp3) is 0.875. The smallest absolute Gasteiger partial charge is 0.317 e. The molecule has 0 spiro atoms. The molecule has 0 amide bonds. The first-order valence-electron chi connectivity index (χ1n) is 4.41. The van der Waals surface area contributed by atoms with Crippen LogP contribution in [0.2, 0.25) is 0 Å². The van der Waals surface area contributed by atoms with E-state index in [9.17, 15) is 13.2 Å². The van der Waals surface area contributed by atoms with Gasteiger partial charge < -0.3 is 5.11 Å². The van der Waals surface area contributed by atoms with Gasteiger partial charge in [0, 0.05) is 11.8 Å². The second kappa shape index (κ2) is 5.31. The average Bonchev–Trinajstić information content (AvgIpc) is 2.02. The molecule has 6 heteroatoms. The molecule has 0 aliphatic heterocycles. The highest BCUT2D eigenvalue weighted by Crippen LogP contribution is 2.01. The van der Waals surface area contributed by atoms with Crippen molar-refractivity contribution in [3.8, 4) is 0 Å².